The molecule has 0 unspecified atom stereocenters. The lowest BCUT2D eigenvalue weighted by Crippen LogP contribution is -2.17. The van der Waals surface area contributed by atoms with Crippen molar-refractivity contribution in [1.29, 1.82) is 0 Å². The van der Waals surface area contributed by atoms with Gasteiger partial charge < -0.3 is 8.83 Å². The largest absolute Gasteiger partial charge is 0.448 e. The van der Waals surface area contributed by atoms with E-state index in [0.29, 0.717) is 17.0 Å². The van der Waals surface area contributed by atoms with Crippen LogP contribution in [0.15, 0.2) is 44.3 Å². The van der Waals surface area contributed by atoms with E-state index >= 15 is 0 Å². The molecule has 0 N–H and O–H groups in total. The van der Waals surface area contributed by atoms with E-state index < -0.39 is 5.76 Å². The fourth-order valence-corrected chi connectivity index (χ4v) is 2.12. The lowest BCUT2D eigenvalue weighted by molar-refractivity contribution is 0.469. The number of rotatable bonds is 4. The molecule has 3 aromatic rings. The third-order valence-electron chi connectivity index (χ3n) is 3.19. The lowest BCUT2D eigenvalue weighted by Gasteiger charge is -2.02. The Balaban J connectivity index is 1.91. The molecule has 0 aliphatic rings. The van der Waals surface area contributed by atoms with E-state index in [-0.39, 0.29) is 24.2 Å². The summed E-state index contributed by atoms with van der Waals surface area (Å²) < 4.78 is 24.5. The second kappa shape index (κ2) is 5.59. The summed E-state index contributed by atoms with van der Waals surface area (Å²) in [6.07, 6.45) is 1.34. The molecule has 3 rings (SSSR count). The van der Waals surface area contributed by atoms with E-state index in [2.05, 4.69) is 10.1 Å². The highest BCUT2D eigenvalue weighted by molar-refractivity contribution is 5.51. The minimum Gasteiger partial charge on any atom is -0.448 e. The number of nitrogens with zero attached hydrogens (tertiary/aromatic N) is 3. The minimum atomic E-state index is -0.600. The average molecular weight is 303 g/mol. The van der Waals surface area contributed by atoms with Crippen LogP contribution < -0.4 is 5.76 Å². The third kappa shape index (κ3) is 2.69. The molecule has 1 aromatic carbocycles. The van der Waals surface area contributed by atoms with Crippen molar-refractivity contribution in [2.24, 2.45) is 0 Å². The Kier molecular flexibility index (Phi) is 3.62. The lowest BCUT2D eigenvalue weighted by atomic mass is 10.1. The SMILES string of the molecule is CC(C)c1ocnc1Cn1nc(-c2ccc(F)cc2)oc1=O. The number of halogens is 1. The van der Waals surface area contributed by atoms with E-state index in [1.54, 1.807) is 0 Å². The van der Waals surface area contributed by atoms with E-state index in [9.17, 15) is 9.18 Å². The minimum absolute atomic E-state index is 0.139. The van der Waals surface area contributed by atoms with E-state index in [0.717, 1.165) is 0 Å². The highest BCUT2D eigenvalue weighted by atomic mass is 19.1. The number of benzene rings is 1. The summed E-state index contributed by atoms with van der Waals surface area (Å²) in [4.78, 5) is 16.0. The van der Waals surface area contributed by atoms with E-state index in [1.165, 1.54) is 35.3 Å². The molecule has 0 aliphatic heterocycles. The molecular weight excluding hydrogens is 289 g/mol. The van der Waals surface area contributed by atoms with Crippen molar-refractivity contribution >= 4 is 0 Å². The predicted octanol–water partition coefficient (Wildman–Crippen LogP) is 2.80. The molecule has 0 amide bonds. The molecule has 0 aliphatic carbocycles. The highest BCUT2D eigenvalue weighted by Gasteiger charge is 2.16. The highest BCUT2D eigenvalue weighted by Crippen LogP contribution is 2.19. The molecule has 0 bridgehead atoms. The first-order chi connectivity index (χ1) is 10.5. The van der Waals surface area contributed by atoms with Gasteiger partial charge in [0.25, 0.3) is 0 Å². The van der Waals surface area contributed by atoms with Crippen LogP contribution in [-0.2, 0) is 6.54 Å². The summed E-state index contributed by atoms with van der Waals surface area (Å²) in [5, 5.41) is 4.12. The first kappa shape index (κ1) is 14.2. The zero-order valence-corrected chi connectivity index (χ0v) is 12.1. The first-order valence-corrected chi connectivity index (χ1v) is 6.80. The van der Waals surface area contributed by atoms with Gasteiger partial charge in [0.05, 0.1) is 6.54 Å². The van der Waals surface area contributed by atoms with Crippen molar-refractivity contribution in [1.82, 2.24) is 14.8 Å². The van der Waals surface area contributed by atoms with Gasteiger partial charge in [0, 0.05) is 11.5 Å². The zero-order chi connectivity index (χ0) is 15.7. The summed E-state index contributed by atoms with van der Waals surface area (Å²) in [5.41, 5.74) is 1.16. The maximum Gasteiger partial charge on any atom is 0.437 e. The van der Waals surface area contributed by atoms with Crippen molar-refractivity contribution in [3.8, 4) is 11.5 Å². The monoisotopic (exact) mass is 303 g/mol. The second-order valence-corrected chi connectivity index (χ2v) is 5.16. The van der Waals surface area contributed by atoms with Crippen LogP contribution in [0.3, 0.4) is 0 Å². The van der Waals surface area contributed by atoms with Crippen molar-refractivity contribution < 1.29 is 13.2 Å². The topological polar surface area (TPSA) is 74.1 Å². The van der Waals surface area contributed by atoms with E-state index in [1.807, 2.05) is 13.8 Å². The smallest absolute Gasteiger partial charge is 0.437 e. The fourth-order valence-electron chi connectivity index (χ4n) is 2.12. The maximum absolute atomic E-state index is 12.9. The molecule has 7 heteroatoms. The molecule has 0 radical (unpaired) electrons. The molecular formula is C15H14FN3O3. The third-order valence-corrected chi connectivity index (χ3v) is 3.19. The summed E-state index contributed by atoms with van der Waals surface area (Å²) >= 11 is 0. The molecule has 0 atom stereocenters. The van der Waals surface area contributed by atoms with Gasteiger partial charge in [-0.3, -0.25) is 0 Å². The number of oxazole rings is 1. The van der Waals surface area contributed by atoms with Gasteiger partial charge in [-0.25, -0.2) is 14.2 Å². The van der Waals surface area contributed by atoms with Crippen LogP contribution in [0.25, 0.3) is 11.5 Å². The van der Waals surface area contributed by atoms with Gasteiger partial charge in [-0.2, -0.15) is 4.68 Å². The zero-order valence-electron chi connectivity index (χ0n) is 12.1. The normalized spacial score (nSPS) is 11.3. The van der Waals surface area contributed by atoms with Crippen molar-refractivity contribution in [2.45, 2.75) is 26.3 Å². The van der Waals surface area contributed by atoms with Crippen LogP contribution in [0, 0.1) is 5.82 Å². The number of hydrogen-bond donors (Lipinski definition) is 0. The van der Waals surface area contributed by atoms with Gasteiger partial charge in [0.1, 0.15) is 17.3 Å². The average Bonchev–Trinajstić information content (AvgIpc) is 3.08. The Morgan fingerprint density at radius 3 is 2.68 bits per heavy atom. The quantitative estimate of drug-likeness (QED) is 0.741. The Bertz CT molecular complexity index is 830. The second-order valence-electron chi connectivity index (χ2n) is 5.16. The van der Waals surface area contributed by atoms with Crippen molar-refractivity contribution in [3.05, 3.63) is 58.5 Å². The Labute approximate surface area is 125 Å². The molecule has 6 nitrogen and oxygen atoms in total. The van der Waals surface area contributed by atoms with Crippen LogP contribution in [0.5, 0.6) is 0 Å². The van der Waals surface area contributed by atoms with Gasteiger partial charge in [0.15, 0.2) is 6.39 Å². The van der Waals surface area contributed by atoms with Gasteiger partial charge in [-0.05, 0) is 24.3 Å². The van der Waals surface area contributed by atoms with Gasteiger partial charge >= 0.3 is 5.76 Å². The van der Waals surface area contributed by atoms with Crippen LogP contribution in [0.1, 0.15) is 31.2 Å². The van der Waals surface area contributed by atoms with Gasteiger partial charge in [-0.15, -0.1) is 5.10 Å². The van der Waals surface area contributed by atoms with Gasteiger partial charge in [0.2, 0.25) is 5.89 Å². The van der Waals surface area contributed by atoms with E-state index in [4.69, 9.17) is 8.83 Å². The standard InChI is InChI=1S/C15H14FN3O3/c1-9(2)13-12(17-8-21-13)7-19-15(20)22-14(18-19)10-3-5-11(16)6-4-10/h3-6,8-9H,7H2,1-2H3. The molecule has 22 heavy (non-hydrogen) atoms. The summed E-state index contributed by atoms with van der Waals surface area (Å²) in [6.45, 7) is 4.10. The molecule has 0 spiro atoms. The van der Waals surface area contributed by atoms with Crippen molar-refractivity contribution in [2.75, 3.05) is 0 Å². The van der Waals surface area contributed by atoms with Crippen LogP contribution in [-0.4, -0.2) is 14.8 Å². The summed E-state index contributed by atoms with van der Waals surface area (Å²) in [6, 6.07) is 5.56. The maximum atomic E-state index is 12.9. The molecule has 2 heterocycles. The Morgan fingerprint density at radius 2 is 2.00 bits per heavy atom. The Morgan fingerprint density at radius 1 is 1.27 bits per heavy atom. The fraction of sp³-hybridized carbons (Fsp3) is 0.267. The number of aromatic nitrogens is 3. The van der Waals surface area contributed by atoms with Crippen LogP contribution in [0.4, 0.5) is 4.39 Å². The molecule has 0 fully saturated rings. The molecule has 0 saturated carbocycles. The predicted molar refractivity (Wildman–Crippen MR) is 75.9 cm³/mol. The van der Waals surface area contributed by atoms with Crippen LogP contribution >= 0.6 is 0 Å². The molecule has 114 valence electrons. The summed E-state index contributed by atoms with van der Waals surface area (Å²) in [5.74, 6) is 0.0289. The van der Waals surface area contributed by atoms with Gasteiger partial charge in [-0.1, -0.05) is 13.8 Å². The Hall–Kier alpha value is -2.70. The summed E-state index contributed by atoms with van der Waals surface area (Å²) in [7, 11) is 0. The van der Waals surface area contributed by atoms with Crippen molar-refractivity contribution in [3.63, 3.8) is 0 Å². The molecule has 2 aromatic heterocycles. The van der Waals surface area contributed by atoms with Crippen LogP contribution in [0.2, 0.25) is 0 Å². The molecule has 0 saturated heterocycles. The first-order valence-electron chi connectivity index (χ1n) is 6.80. The number of hydrogen-bond acceptors (Lipinski definition) is 5.